The summed E-state index contributed by atoms with van der Waals surface area (Å²) < 4.78 is 0. The molecular weight excluding hydrogens is 278 g/mol. The lowest BCUT2D eigenvalue weighted by atomic mass is 10.0. The molecule has 3 atom stereocenters. The molecule has 1 aromatic carbocycles. The number of nitrogens with two attached hydrogens (primary N) is 1. The van der Waals surface area contributed by atoms with E-state index in [1.165, 1.54) is 0 Å². The molecular formula is C17H27N3O2. The Balaban J connectivity index is 1.86. The third kappa shape index (κ3) is 4.53. The number of aliphatic hydroxyl groups is 1. The lowest BCUT2D eigenvalue weighted by molar-refractivity contribution is -0.134. The van der Waals surface area contributed by atoms with Gasteiger partial charge in [-0.15, -0.1) is 0 Å². The van der Waals surface area contributed by atoms with E-state index in [1.807, 2.05) is 35.2 Å². The molecule has 1 heterocycles. The SMILES string of the molecule is CC(O)CN1CCN(C(=O)CC(N)c2ccccc2)CC1C. The first-order chi connectivity index (χ1) is 10.5. The van der Waals surface area contributed by atoms with Gasteiger partial charge in [-0.05, 0) is 19.4 Å². The fraction of sp³-hybridized carbons (Fsp3) is 0.588. The molecule has 1 amide bonds. The van der Waals surface area contributed by atoms with Crippen LogP contribution < -0.4 is 5.73 Å². The number of benzene rings is 1. The zero-order valence-corrected chi connectivity index (χ0v) is 13.5. The number of β-amino-alcohol motifs (C(OH)–C–C–N with tert-alkyl or cyclic N) is 1. The molecule has 2 rings (SSSR count). The maximum Gasteiger partial charge on any atom is 0.224 e. The Morgan fingerprint density at radius 3 is 2.64 bits per heavy atom. The summed E-state index contributed by atoms with van der Waals surface area (Å²) in [6.07, 6.45) is 0.00357. The standard InChI is InChI=1S/C17H27N3O2/c1-13-11-20(9-8-19(13)12-14(2)21)17(22)10-16(18)15-6-4-3-5-7-15/h3-7,13-14,16,21H,8-12,18H2,1-2H3. The van der Waals surface area contributed by atoms with E-state index in [0.717, 1.165) is 12.1 Å². The first-order valence-corrected chi connectivity index (χ1v) is 7.97. The van der Waals surface area contributed by atoms with Gasteiger partial charge in [0, 0.05) is 44.7 Å². The van der Waals surface area contributed by atoms with Crippen molar-refractivity contribution in [1.29, 1.82) is 0 Å². The second-order valence-electron chi connectivity index (χ2n) is 6.25. The van der Waals surface area contributed by atoms with Crippen LogP contribution >= 0.6 is 0 Å². The summed E-state index contributed by atoms with van der Waals surface area (Å²) in [6, 6.07) is 9.76. The minimum Gasteiger partial charge on any atom is -0.392 e. The van der Waals surface area contributed by atoms with Gasteiger partial charge in [0.1, 0.15) is 0 Å². The number of aliphatic hydroxyl groups excluding tert-OH is 1. The highest BCUT2D eigenvalue weighted by molar-refractivity contribution is 5.77. The van der Waals surface area contributed by atoms with Crippen molar-refractivity contribution in [3.05, 3.63) is 35.9 Å². The van der Waals surface area contributed by atoms with E-state index in [1.54, 1.807) is 6.92 Å². The van der Waals surface area contributed by atoms with Crippen LogP contribution in [-0.2, 0) is 4.79 Å². The fourth-order valence-corrected chi connectivity index (χ4v) is 2.97. The van der Waals surface area contributed by atoms with Gasteiger partial charge in [0.15, 0.2) is 0 Å². The molecule has 5 heteroatoms. The highest BCUT2D eigenvalue weighted by atomic mass is 16.3. The molecule has 1 fully saturated rings. The van der Waals surface area contributed by atoms with Gasteiger partial charge in [0.25, 0.3) is 0 Å². The number of carbonyl (C=O) groups excluding carboxylic acids is 1. The zero-order chi connectivity index (χ0) is 16.1. The van der Waals surface area contributed by atoms with Crippen LogP contribution in [-0.4, -0.2) is 59.1 Å². The Hall–Kier alpha value is -1.43. The van der Waals surface area contributed by atoms with Crippen LogP contribution in [0, 0.1) is 0 Å². The van der Waals surface area contributed by atoms with Crippen LogP contribution in [0.4, 0.5) is 0 Å². The number of carbonyl (C=O) groups is 1. The molecule has 22 heavy (non-hydrogen) atoms. The van der Waals surface area contributed by atoms with Gasteiger partial charge in [-0.1, -0.05) is 30.3 Å². The summed E-state index contributed by atoms with van der Waals surface area (Å²) in [6.45, 7) is 6.76. The first kappa shape index (κ1) is 16.9. The van der Waals surface area contributed by atoms with E-state index >= 15 is 0 Å². The van der Waals surface area contributed by atoms with Crippen LogP contribution in [0.5, 0.6) is 0 Å². The predicted molar refractivity (Wildman–Crippen MR) is 87.3 cm³/mol. The van der Waals surface area contributed by atoms with Crippen LogP contribution in [0.15, 0.2) is 30.3 Å². The summed E-state index contributed by atoms with van der Waals surface area (Å²) in [5.41, 5.74) is 7.14. The molecule has 1 saturated heterocycles. The largest absolute Gasteiger partial charge is 0.392 e. The van der Waals surface area contributed by atoms with Gasteiger partial charge < -0.3 is 15.7 Å². The summed E-state index contributed by atoms with van der Waals surface area (Å²) in [5, 5.41) is 9.50. The molecule has 3 N–H and O–H groups in total. The molecule has 0 radical (unpaired) electrons. The van der Waals surface area contributed by atoms with Crippen molar-refractivity contribution < 1.29 is 9.90 Å². The minimum absolute atomic E-state index is 0.111. The molecule has 1 aromatic rings. The molecule has 0 saturated carbocycles. The van der Waals surface area contributed by atoms with E-state index in [0.29, 0.717) is 26.1 Å². The average Bonchev–Trinajstić information content (AvgIpc) is 2.49. The third-order valence-electron chi connectivity index (χ3n) is 4.24. The lowest BCUT2D eigenvalue weighted by Gasteiger charge is -2.40. The summed E-state index contributed by atoms with van der Waals surface area (Å²) >= 11 is 0. The lowest BCUT2D eigenvalue weighted by Crippen LogP contribution is -2.55. The van der Waals surface area contributed by atoms with Gasteiger partial charge in [-0.2, -0.15) is 0 Å². The second-order valence-corrected chi connectivity index (χ2v) is 6.25. The Morgan fingerprint density at radius 1 is 1.36 bits per heavy atom. The number of amides is 1. The highest BCUT2D eigenvalue weighted by Crippen LogP contribution is 2.17. The molecule has 0 aliphatic carbocycles. The van der Waals surface area contributed by atoms with Crippen molar-refractivity contribution in [2.24, 2.45) is 5.73 Å². The highest BCUT2D eigenvalue weighted by Gasteiger charge is 2.27. The quantitative estimate of drug-likeness (QED) is 0.851. The third-order valence-corrected chi connectivity index (χ3v) is 4.24. The van der Waals surface area contributed by atoms with Gasteiger partial charge in [-0.3, -0.25) is 9.69 Å². The van der Waals surface area contributed by atoms with E-state index in [-0.39, 0.29) is 24.1 Å². The summed E-state index contributed by atoms with van der Waals surface area (Å²) in [4.78, 5) is 16.6. The first-order valence-electron chi connectivity index (χ1n) is 7.97. The van der Waals surface area contributed by atoms with Crippen molar-refractivity contribution in [3.63, 3.8) is 0 Å². The molecule has 5 nitrogen and oxygen atoms in total. The Bertz CT molecular complexity index is 478. The predicted octanol–water partition coefficient (Wildman–Crippen LogP) is 0.990. The van der Waals surface area contributed by atoms with E-state index in [4.69, 9.17) is 5.73 Å². The summed E-state index contributed by atoms with van der Waals surface area (Å²) in [7, 11) is 0. The number of hydrogen-bond acceptors (Lipinski definition) is 4. The Kier molecular flexibility index (Phi) is 5.94. The van der Waals surface area contributed by atoms with E-state index in [9.17, 15) is 9.90 Å². The molecule has 3 unspecified atom stereocenters. The topological polar surface area (TPSA) is 69.8 Å². The molecule has 0 spiro atoms. The normalized spacial score (nSPS) is 22.4. The molecule has 0 aromatic heterocycles. The number of rotatable bonds is 5. The van der Waals surface area contributed by atoms with Gasteiger partial charge in [-0.25, -0.2) is 0 Å². The molecule has 122 valence electrons. The fourth-order valence-electron chi connectivity index (χ4n) is 2.97. The van der Waals surface area contributed by atoms with Crippen molar-refractivity contribution in [2.45, 2.75) is 38.5 Å². The average molecular weight is 305 g/mol. The number of piperazine rings is 1. The Morgan fingerprint density at radius 2 is 2.05 bits per heavy atom. The van der Waals surface area contributed by atoms with E-state index < -0.39 is 0 Å². The maximum atomic E-state index is 12.4. The van der Waals surface area contributed by atoms with Gasteiger partial charge >= 0.3 is 0 Å². The Labute approximate surface area is 132 Å². The summed E-state index contributed by atoms with van der Waals surface area (Å²) in [5.74, 6) is 0.111. The maximum absolute atomic E-state index is 12.4. The number of nitrogens with zero attached hydrogens (tertiary/aromatic N) is 2. The van der Waals surface area contributed by atoms with Crippen LogP contribution in [0.3, 0.4) is 0 Å². The van der Waals surface area contributed by atoms with E-state index in [2.05, 4.69) is 11.8 Å². The minimum atomic E-state index is -0.337. The number of hydrogen-bond donors (Lipinski definition) is 2. The molecule has 1 aliphatic rings. The second kappa shape index (κ2) is 7.72. The van der Waals surface area contributed by atoms with Crippen LogP contribution in [0.2, 0.25) is 0 Å². The van der Waals surface area contributed by atoms with Gasteiger partial charge in [0.05, 0.1) is 6.10 Å². The van der Waals surface area contributed by atoms with Crippen LogP contribution in [0.25, 0.3) is 0 Å². The zero-order valence-electron chi connectivity index (χ0n) is 13.5. The van der Waals surface area contributed by atoms with Gasteiger partial charge in [0.2, 0.25) is 5.91 Å². The molecule has 1 aliphatic heterocycles. The van der Waals surface area contributed by atoms with Crippen molar-refractivity contribution in [1.82, 2.24) is 9.80 Å². The monoisotopic (exact) mass is 305 g/mol. The smallest absolute Gasteiger partial charge is 0.224 e. The van der Waals surface area contributed by atoms with Crippen LogP contribution in [0.1, 0.15) is 31.9 Å². The van der Waals surface area contributed by atoms with Crippen molar-refractivity contribution in [3.8, 4) is 0 Å². The van der Waals surface area contributed by atoms with Crippen molar-refractivity contribution >= 4 is 5.91 Å². The van der Waals surface area contributed by atoms with Crippen molar-refractivity contribution in [2.75, 3.05) is 26.2 Å². The molecule has 0 bridgehead atoms.